The van der Waals surface area contributed by atoms with Crippen LogP contribution in [-0.4, -0.2) is 15.6 Å². The first kappa shape index (κ1) is 21.0. The van der Waals surface area contributed by atoms with Crippen LogP contribution in [0.2, 0.25) is 5.02 Å². The Bertz CT molecular complexity index is 1330. The summed E-state index contributed by atoms with van der Waals surface area (Å²) in [6.07, 6.45) is 0. The van der Waals surface area contributed by atoms with Crippen LogP contribution in [0.3, 0.4) is 0 Å². The van der Waals surface area contributed by atoms with E-state index in [-0.39, 0.29) is 11.6 Å². The number of halogens is 1. The molecule has 31 heavy (non-hydrogen) atoms. The topological polar surface area (TPSA) is 88.6 Å². The fourth-order valence-electron chi connectivity index (χ4n) is 3.01. The molecule has 2 heterocycles. The molecule has 0 bridgehead atoms. The lowest BCUT2D eigenvalue weighted by Gasteiger charge is -2.13. The Kier molecular flexibility index (Phi) is 6.01. The smallest absolute Gasteiger partial charge is 0.323 e. The van der Waals surface area contributed by atoms with E-state index in [0.717, 1.165) is 10.5 Å². The van der Waals surface area contributed by atoms with E-state index in [0.29, 0.717) is 39.3 Å². The number of anilines is 2. The lowest BCUT2D eigenvalue weighted by Crippen LogP contribution is -2.20. The summed E-state index contributed by atoms with van der Waals surface area (Å²) in [5.41, 5.74) is 2.93. The van der Waals surface area contributed by atoms with Gasteiger partial charge in [-0.15, -0.1) is 16.3 Å². The molecule has 7 nitrogen and oxygen atoms in total. The van der Waals surface area contributed by atoms with Crippen LogP contribution in [0, 0.1) is 13.8 Å². The van der Waals surface area contributed by atoms with Gasteiger partial charge in [0, 0.05) is 33.5 Å². The van der Waals surface area contributed by atoms with Crippen molar-refractivity contribution >= 4 is 46.4 Å². The Morgan fingerprint density at radius 3 is 2.68 bits per heavy atom. The molecule has 0 radical (unpaired) electrons. The van der Waals surface area contributed by atoms with E-state index in [2.05, 4.69) is 15.6 Å². The summed E-state index contributed by atoms with van der Waals surface area (Å²) in [6.45, 7) is 3.61. The zero-order valence-electron chi connectivity index (χ0n) is 16.8. The van der Waals surface area contributed by atoms with Crippen LogP contribution in [0.5, 0.6) is 0 Å². The van der Waals surface area contributed by atoms with Gasteiger partial charge in [-0.1, -0.05) is 29.8 Å². The molecule has 2 aromatic heterocycles. The number of hydrogen-bond donors (Lipinski definition) is 2. The maximum Gasteiger partial charge on any atom is 0.323 e. The van der Waals surface area contributed by atoms with Gasteiger partial charge in [-0.05, 0) is 43.7 Å². The maximum absolute atomic E-state index is 12.5. The molecule has 0 atom stereocenters. The second kappa shape index (κ2) is 8.87. The number of rotatable bonds is 5. The highest BCUT2D eigenvalue weighted by atomic mass is 35.5. The monoisotopic (exact) mass is 454 g/mol. The number of carbonyl (C=O) groups excluding carboxylic acids is 1. The summed E-state index contributed by atoms with van der Waals surface area (Å²) in [5.74, 6) is 1.08. The summed E-state index contributed by atoms with van der Waals surface area (Å²) in [6, 6.07) is 15.6. The molecule has 9 heteroatoms. The minimum atomic E-state index is -0.370. The van der Waals surface area contributed by atoms with E-state index < -0.39 is 0 Å². The van der Waals surface area contributed by atoms with Crippen LogP contribution in [0.15, 0.2) is 68.8 Å². The molecule has 2 aromatic carbocycles. The third-order valence-corrected chi connectivity index (χ3v) is 6.07. The van der Waals surface area contributed by atoms with Crippen molar-refractivity contribution in [3.8, 4) is 0 Å². The first-order valence-corrected chi connectivity index (χ1v) is 10.8. The van der Waals surface area contributed by atoms with E-state index >= 15 is 0 Å². The number of nitrogens with zero attached hydrogens (tertiary/aromatic N) is 2. The van der Waals surface area contributed by atoms with Crippen LogP contribution in [0.4, 0.5) is 16.2 Å². The Morgan fingerprint density at radius 2 is 1.84 bits per heavy atom. The van der Waals surface area contributed by atoms with Crippen molar-refractivity contribution < 1.29 is 9.32 Å². The second-order valence-corrected chi connectivity index (χ2v) is 8.29. The summed E-state index contributed by atoms with van der Waals surface area (Å²) >= 11 is 7.59. The van der Waals surface area contributed by atoms with Gasteiger partial charge in [0.15, 0.2) is 5.65 Å². The van der Waals surface area contributed by atoms with Crippen molar-refractivity contribution in [2.75, 3.05) is 10.6 Å². The number of fused-ring (bicyclic) bond motifs is 1. The first-order valence-electron chi connectivity index (χ1n) is 9.45. The van der Waals surface area contributed by atoms with Gasteiger partial charge < -0.3 is 15.2 Å². The Hall–Kier alpha value is -3.23. The van der Waals surface area contributed by atoms with Gasteiger partial charge >= 0.3 is 6.03 Å². The normalized spacial score (nSPS) is 10.9. The summed E-state index contributed by atoms with van der Waals surface area (Å²) in [7, 11) is 0. The van der Waals surface area contributed by atoms with E-state index in [9.17, 15) is 9.59 Å². The predicted molar refractivity (Wildman–Crippen MR) is 123 cm³/mol. The zero-order valence-corrected chi connectivity index (χ0v) is 18.4. The van der Waals surface area contributed by atoms with Gasteiger partial charge in [-0.25, -0.2) is 9.78 Å². The highest BCUT2D eigenvalue weighted by molar-refractivity contribution is 7.98. The molecule has 2 amide bonds. The van der Waals surface area contributed by atoms with Gasteiger partial charge in [0.1, 0.15) is 5.76 Å². The van der Waals surface area contributed by atoms with Gasteiger partial charge in [-0.2, -0.15) is 0 Å². The number of thioether (sulfide) groups is 1. The molecule has 0 saturated heterocycles. The summed E-state index contributed by atoms with van der Waals surface area (Å²) in [5, 5.41) is 6.28. The molecule has 158 valence electrons. The molecule has 0 spiro atoms. The van der Waals surface area contributed by atoms with Crippen molar-refractivity contribution in [3.63, 3.8) is 0 Å². The third kappa shape index (κ3) is 4.76. The van der Waals surface area contributed by atoms with Gasteiger partial charge in [0.2, 0.25) is 0 Å². The number of hydrogen-bond acceptors (Lipinski definition) is 5. The number of urea groups is 1. The second-order valence-electron chi connectivity index (χ2n) is 6.86. The van der Waals surface area contributed by atoms with Gasteiger partial charge in [0.25, 0.3) is 5.56 Å². The maximum atomic E-state index is 12.5. The average Bonchev–Trinajstić information content (AvgIpc) is 3.11. The van der Waals surface area contributed by atoms with Crippen molar-refractivity contribution in [1.82, 2.24) is 9.56 Å². The number of nitrogens with one attached hydrogen (secondary N) is 2. The summed E-state index contributed by atoms with van der Waals surface area (Å²) < 4.78 is 6.48. The fourth-order valence-corrected chi connectivity index (χ4v) is 4.09. The first-order chi connectivity index (χ1) is 14.9. The van der Waals surface area contributed by atoms with Crippen LogP contribution in [-0.2, 0) is 5.75 Å². The molecule has 2 N–H and O–H groups in total. The molecule has 0 fully saturated rings. The van der Waals surface area contributed by atoms with E-state index in [1.165, 1.54) is 22.4 Å². The SMILES string of the molecule is Cc1cc2nc(CSc3ccccc3NC(=O)Nc3cccc(Cl)c3C)cc(=O)n2o1. The van der Waals surface area contributed by atoms with Gasteiger partial charge in [0.05, 0.1) is 11.4 Å². The molecule has 0 aliphatic rings. The van der Waals surface area contributed by atoms with Crippen LogP contribution < -0.4 is 16.2 Å². The van der Waals surface area contributed by atoms with E-state index in [1.807, 2.05) is 31.2 Å². The van der Waals surface area contributed by atoms with E-state index in [1.54, 1.807) is 31.2 Å². The quantitative estimate of drug-likeness (QED) is 0.389. The Balaban J connectivity index is 1.48. The van der Waals surface area contributed by atoms with Crippen LogP contribution in [0.1, 0.15) is 17.0 Å². The summed E-state index contributed by atoms with van der Waals surface area (Å²) in [4.78, 5) is 30.1. The number of aryl methyl sites for hydroxylation is 1. The molecular formula is C22H19ClN4O3S. The number of amides is 2. The number of para-hydroxylation sites is 1. The molecular weight excluding hydrogens is 436 g/mol. The molecule has 0 aliphatic carbocycles. The number of benzene rings is 2. The van der Waals surface area contributed by atoms with Crippen molar-refractivity contribution in [2.45, 2.75) is 24.5 Å². The van der Waals surface area contributed by atoms with Gasteiger partial charge in [-0.3, -0.25) is 4.79 Å². The number of carbonyl (C=O) groups is 1. The standard InChI is InChI=1S/C22H19ClN4O3S/c1-13-10-20-24-15(11-21(28)27(20)30-13)12-31-19-9-4-3-7-18(19)26-22(29)25-17-8-5-6-16(23)14(17)2/h3-11H,12H2,1-2H3,(H2,25,26,29). The van der Waals surface area contributed by atoms with Crippen LogP contribution >= 0.6 is 23.4 Å². The molecule has 0 aliphatic heterocycles. The average molecular weight is 455 g/mol. The lowest BCUT2D eigenvalue weighted by atomic mass is 10.2. The zero-order chi connectivity index (χ0) is 22.0. The highest BCUT2D eigenvalue weighted by Gasteiger charge is 2.11. The van der Waals surface area contributed by atoms with E-state index in [4.69, 9.17) is 16.1 Å². The van der Waals surface area contributed by atoms with Crippen molar-refractivity contribution in [3.05, 3.63) is 87.0 Å². The van der Waals surface area contributed by atoms with Crippen molar-refractivity contribution in [2.24, 2.45) is 0 Å². The fraction of sp³-hybridized carbons (Fsp3) is 0.136. The molecule has 4 aromatic rings. The Labute approximate surface area is 187 Å². The minimum Gasteiger partial charge on any atom is -0.375 e. The predicted octanol–water partition coefficient (Wildman–Crippen LogP) is 5.49. The third-order valence-electron chi connectivity index (χ3n) is 4.55. The Morgan fingerprint density at radius 1 is 1.10 bits per heavy atom. The lowest BCUT2D eigenvalue weighted by molar-refractivity contribution is 0.262. The molecule has 0 saturated carbocycles. The van der Waals surface area contributed by atoms with Crippen molar-refractivity contribution in [1.29, 1.82) is 0 Å². The largest absolute Gasteiger partial charge is 0.375 e. The minimum absolute atomic E-state index is 0.267. The molecule has 4 rings (SSSR count). The van der Waals surface area contributed by atoms with Crippen LogP contribution in [0.25, 0.3) is 5.65 Å². The number of aromatic nitrogens is 2. The highest BCUT2D eigenvalue weighted by Crippen LogP contribution is 2.30. The molecule has 0 unspecified atom stereocenters.